The molecule has 0 saturated heterocycles. The van der Waals surface area contributed by atoms with Gasteiger partial charge in [-0.2, -0.15) is 5.26 Å². The lowest BCUT2D eigenvalue weighted by molar-refractivity contribution is -0.130. The van der Waals surface area contributed by atoms with Gasteiger partial charge in [0, 0.05) is 13.0 Å². The molecule has 2 N–H and O–H groups in total. The van der Waals surface area contributed by atoms with E-state index in [-0.39, 0.29) is 37.8 Å². The van der Waals surface area contributed by atoms with Crippen molar-refractivity contribution in [1.82, 2.24) is 15.8 Å². The SMILES string of the molecule is N#Cc1ccc(OCC(=O)NNC(=O)CCCN2C(=O)c3ccccc3C2=O)cc1. The normalized spacial score (nSPS) is 12.2. The van der Waals surface area contributed by atoms with E-state index in [4.69, 9.17) is 10.00 Å². The highest BCUT2D eigenvalue weighted by atomic mass is 16.5. The number of fused-ring (bicyclic) bond motifs is 1. The minimum atomic E-state index is -0.562. The van der Waals surface area contributed by atoms with Crippen LogP contribution in [0.4, 0.5) is 0 Å². The third-order valence-electron chi connectivity index (χ3n) is 4.36. The largest absolute Gasteiger partial charge is 0.484 e. The third-order valence-corrected chi connectivity index (χ3v) is 4.36. The monoisotopic (exact) mass is 406 g/mol. The molecule has 4 amide bonds. The Morgan fingerprint density at radius 2 is 1.53 bits per heavy atom. The second-order valence-electron chi connectivity index (χ2n) is 6.43. The van der Waals surface area contributed by atoms with Crippen LogP contribution in [-0.2, 0) is 9.59 Å². The van der Waals surface area contributed by atoms with Gasteiger partial charge in [0.2, 0.25) is 5.91 Å². The van der Waals surface area contributed by atoms with Crippen LogP contribution in [0.5, 0.6) is 5.75 Å². The summed E-state index contributed by atoms with van der Waals surface area (Å²) in [6.07, 6.45) is 0.277. The van der Waals surface area contributed by atoms with Gasteiger partial charge in [-0.25, -0.2) is 0 Å². The minimum Gasteiger partial charge on any atom is -0.484 e. The van der Waals surface area contributed by atoms with E-state index in [0.717, 1.165) is 4.90 Å². The molecule has 152 valence electrons. The van der Waals surface area contributed by atoms with Crippen molar-refractivity contribution in [2.45, 2.75) is 12.8 Å². The van der Waals surface area contributed by atoms with Gasteiger partial charge in [-0.05, 0) is 42.8 Å². The fourth-order valence-electron chi connectivity index (χ4n) is 2.85. The number of hydrogen-bond acceptors (Lipinski definition) is 6. The van der Waals surface area contributed by atoms with Crippen molar-refractivity contribution < 1.29 is 23.9 Å². The van der Waals surface area contributed by atoms with Gasteiger partial charge in [-0.1, -0.05) is 12.1 Å². The molecule has 0 bridgehead atoms. The summed E-state index contributed by atoms with van der Waals surface area (Å²) in [7, 11) is 0. The van der Waals surface area contributed by atoms with E-state index in [1.54, 1.807) is 48.5 Å². The predicted molar refractivity (Wildman–Crippen MR) is 104 cm³/mol. The minimum absolute atomic E-state index is 0.0180. The molecule has 0 spiro atoms. The highest BCUT2D eigenvalue weighted by molar-refractivity contribution is 6.21. The Hall–Kier alpha value is -4.19. The van der Waals surface area contributed by atoms with Crippen molar-refractivity contribution in [3.05, 3.63) is 65.2 Å². The van der Waals surface area contributed by atoms with Gasteiger partial charge in [0.25, 0.3) is 17.7 Å². The van der Waals surface area contributed by atoms with Crippen molar-refractivity contribution in [2.24, 2.45) is 0 Å². The van der Waals surface area contributed by atoms with Crippen LogP contribution in [0.2, 0.25) is 0 Å². The second kappa shape index (κ2) is 9.34. The van der Waals surface area contributed by atoms with Gasteiger partial charge in [0.05, 0.1) is 22.8 Å². The first kappa shape index (κ1) is 20.5. The summed E-state index contributed by atoms with van der Waals surface area (Å²) < 4.78 is 5.25. The Balaban J connectivity index is 1.35. The lowest BCUT2D eigenvalue weighted by Crippen LogP contribution is -2.44. The number of nitrogens with one attached hydrogen (secondary N) is 2. The fraction of sp³-hybridized carbons (Fsp3) is 0.190. The smallest absolute Gasteiger partial charge is 0.276 e. The zero-order valence-corrected chi connectivity index (χ0v) is 15.9. The lowest BCUT2D eigenvalue weighted by Gasteiger charge is -2.13. The topological polar surface area (TPSA) is 129 Å². The molecule has 1 heterocycles. The van der Waals surface area contributed by atoms with E-state index in [1.807, 2.05) is 6.07 Å². The molecule has 9 nitrogen and oxygen atoms in total. The summed E-state index contributed by atoms with van der Waals surface area (Å²) >= 11 is 0. The molecule has 9 heteroatoms. The van der Waals surface area contributed by atoms with E-state index >= 15 is 0 Å². The maximum atomic E-state index is 12.2. The number of carbonyl (C=O) groups excluding carboxylic acids is 4. The first-order valence-electron chi connectivity index (χ1n) is 9.15. The number of nitriles is 1. The maximum Gasteiger partial charge on any atom is 0.276 e. The van der Waals surface area contributed by atoms with E-state index in [9.17, 15) is 19.2 Å². The first-order chi connectivity index (χ1) is 14.5. The molecule has 0 saturated carbocycles. The Bertz CT molecular complexity index is 991. The van der Waals surface area contributed by atoms with Gasteiger partial charge < -0.3 is 4.74 Å². The van der Waals surface area contributed by atoms with Crippen molar-refractivity contribution in [3.63, 3.8) is 0 Å². The van der Waals surface area contributed by atoms with Crippen LogP contribution in [0.25, 0.3) is 0 Å². The van der Waals surface area contributed by atoms with E-state index in [2.05, 4.69) is 10.9 Å². The van der Waals surface area contributed by atoms with Crippen LogP contribution >= 0.6 is 0 Å². The summed E-state index contributed by atoms with van der Waals surface area (Å²) in [5, 5.41) is 8.73. The molecule has 2 aromatic rings. The number of imide groups is 1. The number of rotatable bonds is 7. The van der Waals surface area contributed by atoms with Crippen molar-refractivity contribution in [3.8, 4) is 11.8 Å². The molecule has 30 heavy (non-hydrogen) atoms. The zero-order chi connectivity index (χ0) is 21.5. The maximum absolute atomic E-state index is 12.2. The predicted octanol–water partition coefficient (Wildman–Crippen LogP) is 1.16. The van der Waals surface area contributed by atoms with Gasteiger partial charge in [-0.15, -0.1) is 0 Å². The summed E-state index contributed by atoms with van der Waals surface area (Å²) in [6.45, 7) is -0.212. The van der Waals surface area contributed by atoms with Crippen LogP contribution in [0, 0.1) is 11.3 Å². The Labute approximate surface area is 172 Å². The van der Waals surface area contributed by atoms with Crippen molar-refractivity contribution in [2.75, 3.05) is 13.2 Å². The Morgan fingerprint density at radius 3 is 2.13 bits per heavy atom. The molecule has 3 rings (SSSR count). The number of hydrazine groups is 1. The quantitative estimate of drug-likeness (QED) is 0.524. The summed E-state index contributed by atoms with van der Waals surface area (Å²) in [5.41, 5.74) is 5.67. The number of hydrogen-bond donors (Lipinski definition) is 2. The van der Waals surface area contributed by atoms with Gasteiger partial charge in [0.15, 0.2) is 6.61 Å². The molecule has 0 aromatic heterocycles. The van der Waals surface area contributed by atoms with E-state index < -0.39 is 11.8 Å². The molecular formula is C21H18N4O5. The highest BCUT2D eigenvalue weighted by Crippen LogP contribution is 2.22. The van der Waals surface area contributed by atoms with E-state index in [1.165, 1.54) is 0 Å². The number of ether oxygens (including phenoxy) is 1. The molecule has 0 fully saturated rings. The average molecular weight is 406 g/mol. The number of nitrogens with zero attached hydrogens (tertiary/aromatic N) is 2. The van der Waals surface area contributed by atoms with Crippen molar-refractivity contribution in [1.29, 1.82) is 5.26 Å². The van der Waals surface area contributed by atoms with Crippen LogP contribution in [0.15, 0.2) is 48.5 Å². The van der Waals surface area contributed by atoms with Crippen molar-refractivity contribution >= 4 is 23.6 Å². The Kier molecular flexibility index (Phi) is 6.39. The molecule has 0 unspecified atom stereocenters. The van der Waals surface area contributed by atoms with Crippen LogP contribution in [0.1, 0.15) is 39.1 Å². The molecule has 0 radical (unpaired) electrons. The zero-order valence-electron chi connectivity index (χ0n) is 15.9. The molecule has 0 atom stereocenters. The van der Waals surface area contributed by atoms with Crippen LogP contribution in [0.3, 0.4) is 0 Å². The number of benzene rings is 2. The second-order valence-corrected chi connectivity index (χ2v) is 6.43. The third kappa shape index (κ3) is 4.80. The van der Waals surface area contributed by atoms with Crippen LogP contribution < -0.4 is 15.6 Å². The van der Waals surface area contributed by atoms with Crippen LogP contribution in [-0.4, -0.2) is 41.7 Å². The first-order valence-corrected chi connectivity index (χ1v) is 9.15. The van der Waals surface area contributed by atoms with Gasteiger partial charge in [-0.3, -0.25) is 34.9 Å². The highest BCUT2D eigenvalue weighted by Gasteiger charge is 2.34. The molecule has 0 aliphatic carbocycles. The number of carbonyl (C=O) groups is 4. The Morgan fingerprint density at radius 1 is 0.933 bits per heavy atom. The lowest BCUT2D eigenvalue weighted by atomic mass is 10.1. The molecule has 1 aliphatic heterocycles. The summed E-state index contributed by atoms with van der Waals surface area (Å²) in [5.74, 6) is -1.35. The summed E-state index contributed by atoms with van der Waals surface area (Å²) in [6, 6.07) is 14.8. The average Bonchev–Trinajstić information content (AvgIpc) is 3.01. The van der Waals surface area contributed by atoms with E-state index in [0.29, 0.717) is 22.4 Å². The standard InChI is InChI=1S/C21H18N4O5/c22-12-14-7-9-15(10-8-14)30-13-19(27)24-23-18(26)6-3-11-25-20(28)16-4-1-2-5-17(16)21(25)29/h1-2,4-5,7-10H,3,6,11,13H2,(H,23,26)(H,24,27). The molecular weight excluding hydrogens is 388 g/mol. The molecule has 1 aliphatic rings. The van der Waals surface area contributed by atoms with Gasteiger partial charge >= 0.3 is 0 Å². The molecule has 2 aromatic carbocycles. The fourth-order valence-corrected chi connectivity index (χ4v) is 2.85. The number of amides is 4. The van der Waals surface area contributed by atoms with Gasteiger partial charge in [0.1, 0.15) is 5.75 Å². The summed E-state index contributed by atoms with van der Waals surface area (Å²) in [4.78, 5) is 49.2.